The molecule has 2 aromatic carbocycles. The summed E-state index contributed by atoms with van der Waals surface area (Å²) < 4.78 is 10.5. The van der Waals surface area contributed by atoms with Crippen LogP contribution in [0, 0.1) is 20.2 Å². The Morgan fingerprint density at radius 1 is 1.03 bits per heavy atom. The number of hydrogen-bond donors (Lipinski definition) is 1. The lowest BCUT2D eigenvalue weighted by atomic mass is 10.2. The first-order valence-corrected chi connectivity index (χ1v) is 11.2. The topological polar surface area (TPSA) is 158 Å². The van der Waals surface area contributed by atoms with E-state index < -0.39 is 28.1 Å². The highest BCUT2D eigenvalue weighted by molar-refractivity contribution is 7.81. The molecule has 0 saturated carbocycles. The van der Waals surface area contributed by atoms with Gasteiger partial charge >= 0.3 is 12.2 Å². The van der Waals surface area contributed by atoms with Gasteiger partial charge in [-0.15, -0.1) is 0 Å². The molecule has 0 aromatic heterocycles. The highest BCUT2D eigenvalue weighted by Gasteiger charge is 2.34. The fourth-order valence-corrected chi connectivity index (χ4v) is 3.70. The lowest BCUT2D eigenvalue weighted by Gasteiger charge is -2.21. The average Bonchev–Trinajstić information content (AvgIpc) is 3.25. The number of rotatable bonds is 8. The molecule has 1 aliphatic heterocycles. The van der Waals surface area contributed by atoms with Gasteiger partial charge in [0.05, 0.1) is 15.9 Å². The first kappa shape index (κ1) is 26.4. The lowest BCUT2D eigenvalue weighted by Crippen LogP contribution is -2.37. The van der Waals surface area contributed by atoms with Gasteiger partial charge in [0.1, 0.15) is 13.2 Å². The number of ether oxygens (including phenoxy) is 2. The number of likely N-dealkylation sites (tertiary alicyclic amines) is 1. The Balaban J connectivity index is 1.51. The smallest absolute Gasteiger partial charge is 0.430 e. The SMILES string of the molecule is CN(N=C[C@@H]1C[C@H](S)CN1C(=O)OCc1ccc([N+](=O)[O-])cc1)C(=O)OCc1ccc([N+](=O)[O-])cc1. The van der Waals surface area contributed by atoms with Crippen molar-refractivity contribution in [2.45, 2.75) is 30.9 Å². The zero-order valence-corrected chi connectivity index (χ0v) is 20.0. The minimum Gasteiger partial charge on any atom is -0.445 e. The number of thiol groups is 1. The van der Waals surface area contributed by atoms with Crippen molar-refractivity contribution in [3.63, 3.8) is 0 Å². The molecule has 14 heteroatoms. The van der Waals surface area contributed by atoms with Gasteiger partial charge in [0.25, 0.3) is 11.4 Å². The summed E-state index contributed by atoms with van der Waals surface area (Å²) in [5, 5.41) is 26.4. The minimum atomic E-state index is -0.752. The van der Waals surface area contributed by atoms with Gasteiger partial charge in [-0.1, -0.05) is 0 Å². The molecule has 1 aliphatic rings. The molecule has 0 radical (unpaired) electrons. The van der Waals surface area contributed by atoms with Crippen LogP contribution in [0.2, 0.25) is 0 Å². The van der Waals surface area contributed by atoms with Gasteiger partial charge in [0, 0.05) is 49.3 Å². The molecule has 2 aromatic rings. The molecule has 2 atom stereocenters. The van der Waals surface area contributed by atoms with Gasteiger partial charge in [-0.05, 0) is 41.8 Å². The Hall–Kier alpha value is -4.20. The third-order valence-corrected chi connectivity index (χ3v) is 5.63. The Morgan fingerprint density at radius 3 is 2.03 bits per heavy atom. The Labute approximate surface area is 211 Å². The van der Waals surface area contributed by atoms with E-state index in [2.05, 4.69) is 17.7 Å². The molecular weight excluding hydrogens is 494 g/mol. The van der Waals surface area contributed by atoms with Crippen LogP contribution in [0.15, 0.2) is 53.6 Å². The second-order valence-electron chi connectivity index (χ2n) is 7.85. The number of carbonyl (C=O) groups is 2. The Bertz CT molecular complexity index is 1140. The molecule has 13 nitrogen and oxygen atoms in total. The Morgan fingerprint density at radius 2 is 1.53 bits per heavy atom. The van der Waals surface area contributed by atoms with E-state index in [0.29, 0.717) is 24.1 Å². The number of non-ortho nitro benzene ring substituents is 2. The van der Waals surface area contributed by atoms with Crippen LogP contribution in [-0.2, 0) is 22.7 Å². The highest BCUT2D eigenvalue weighted by atomic mass is 32.1. The van der Waals surface area contributed by atoms with E-state index in [4.69, 9.17) is 9.47 Å². The molecule has 3 rings (SSSR count). The molecule has 36 heavy (non-hydrogen) atoms. The molecule has 1 saturated heterocycles. The standard InChI is InChI=1S/C22H23N5O8S/c1-24(21(28)34-13-15-2-6-17(7-3-15)26(30)31)23-11-19-10-20(36)12-25(19)22(29)35-14-16-4-8-18(9-5-16)27(32)33/h2-9,11,19-20,36H,10,12-14H2,1H3/t19-,20-/m0/s1. The van der Waals surface area contributed by atoms with Gasteiger partial charge in [-0.2, -0.15) is 17.7 Å². The van der Waals surface area contributed by atoms with Gasteiger partial charge in [0.15, 0.2) is 0 Å². The molecule has 1 heterocycles. The number of carbonyl (C=O) groups excluding carboxylic acids is 2. The minimum absolute atomic E-state index is 0.0609. The van der Waals surface area contributed by atoms with E-state index in [-0.39, 0.29) is 29.8 Å². The maximum absolute atomic E-state index is 12.6. The number of nitro groups is 2. The Kier molecular flexibility index (Phi) is 8.78. The van der Waals surface area contributed by atoms with Crippen molar-refractivity contribution in [1.82, 2.24) is 9.91 Å². The maximum Gasteiger partial charge on any atom is 0.430 e. The van der Waals surface area contributed by atoms with Crippen LogP contribution >= 0.6 is 12.6 Å². The lowest BCUT2D eigenvalue weighted by molar-refractivity contribution is -0.385. The van der Waals surface area contributed by atoms with Crippen molar-refractivity contribution in [2.75, 3.05) is 13.6 Å². The normalized spacial score (nSPS) is 17.1. The van der Waals surface area contributed by atoms with Crippen LogP contribution in [-0.4, -0.2) is 63.0 Å². The third-order valence-electron chi connectivity index (χ3n) is 5.25. The fraction of sp³-hybridized carbons (Fsp3) is 0.318. The van der Waals surface area contributed by atoms with Crippen LogP contribution in [0.1, 0.15) is 17.5 Å². The van der Waals surface area contributed by atoms with E-state index in [0.717, 1.165) is 5.01 Å². The molecule has 190 valence electrons. The molecule has 0 bridgehead atoms. The predicted octanol–water partition coefficient (Wildman–Crippen LogP) is 3.77. The van der Waals surface area contributed by atoms with Crippen LogP contribution < -0.4 is 0 Å². The van der Waals surface area contributed by atoms with Crippen LogP contribution in [0.3, 0.4) is 0 Å². The van der Waals surface area contributed by atoms with Gasteiger partial charge in [-0.25, -0.2) is 14.6 Å². The molecule has 2 amide bonds. The quantitative estimate of drug-likeness (QED) is 0.240. The number of benzene rings is 2. The summed E-state index contributed by atoms with van der Waals surface area (Å²) in [4.78, 5) is 46.7. The number of amides is 2. The van der Waals surface area contributed by atoms with Crippen molar-refractivity contribution < 1.29 is 28.9 Å². The van der Waals surface area contributed by atoms with Gasteiger partial charge in [0.2, 0.25) is 0 Å². The molecule has 0 spiro atoms. The second-order valence-corrected chi connectivity index (χ2v) is 8.58. The van der Waals surface area contributed by atoms with Gasteiger partial charge in [-0.3, -0.25) is 25.1 Å². The zero-order chi connectivity index (χ0) is 26.2. The summed E-state index contributed by atoms with van der Waals surface area (Å²) in [6, 6.07) is 10.8. The van der Waals surface area contributed by atoms with Crippen molar-refractivity contribution >= 4 is 42.4 Å². The maximum atomic E-state index is 12.6. The number of hydrazone groups is 1. The van der Waals surface area contributed by atoms with Crippen molar-refractivity contribution in [3.8, 4) is 0 Å². The van der Waals surface area contributed by atoms with Crippen LogP contribution in [0.25, 0.3) is 0 Å². The summed E-state index contributed by atoms with van der Waals surface area (Å²) in [6.45, 7) is 0.149. The molecule has 0 aliphatic carbocycles. The summed E-state index contributed by atoms with van der Waals surface area (Å²) >= 11 is 4.43. The summed E-state index contributed by atoms with van der Waals surface area (Å²) in [6.07, 6.45) is 0.559. The summed E-state index contributed by atoms with van der Waals surface area (Å²) in [7, 11) is 1.39. The first-order chi connectivity index (χ1) is 17.1. The highest BCUT2D eigenvalue weighted by Crippen LogP contribution is 2.22. The molecule has 1 fully saturated rings. The number of hydrogen-bond acceptors (Lipinski definition) is 10. The monoisotopic (exact) mass is 517 g/mol. The largest absolute Gasteiger partial charge is 0.445 e. The number of nitro benzene ring substituents is 2. The molecule has 0 N–H and O–H groups in total. The summed E-state index contributed by atoms with van der Waals surface area (Å²) in [5.74, 6) is 0. The van der Waals surface area contributed by atoms with E-state index >= 15 is 0 Å². The van der Waals surface area contributed by atoms with Crippen molar-refractivity contribution in [2.24, 2.45) is 5.10 Å². The fourth-order valence-electron chi connectivity index (χ4n) is 3.31. The predicted molar refractivity (Wildman–Crippen MR) is 131 cm³/mol. The second kappa shape index (κ2) is 12.0. The van der Waals surface area contributed by atoms with E-state index in [9.17, 15) is 29.8 Å². The van der Waals surface area contributed by atoms with Crippen LogP contribution in [0.5, 0.6) is 0 Å². The number of nitrogens with zero attached hydrogens (tertiary/aromatic N) is 5. The van der Waals surface area contributed by atoms with Crippen LogP contribution in [0.4, 0.5) is 21.0 Å². The zero-order valence-electron chi connectivity index (χ0n) is 19.1. The summed E-state index contributed by atoms with van der Waals surface area (Å²) in [5.41, 5.74) is 1.04. The average molecular weight is 518 g/mol. The third kappa shape index (κ3) is 7.15. The van der Waals surface area contributed by atoms with E-state index in [1.54, 1.807) is 0 Å². The molecular formula is C22H23N5O8S. The van der Waals surface area contributed by atoms with E-state index in [1.807, 2.05) is 0 Å². The van der Waals surface area contributed by atoms with Crippen molar-refractivity contribution in [1.29, 1.82) is 0 Å². The first-order valence-electron chi connectivity index (χ1n) is 10.7. The van der Waals surface area contributed by atoms with E-state index in [1.165, 1.54) is 66.7 Å². The molecule has 0 unspecified atom stereocenters. The van der Waals surface area contributed by atoms with Gasteiger partial charge < -0.3 is 9.47 Å². The van der Waals surface area contributed by atoms with Crippen molar-refractivity contribution in [3.05, 3.63) is 79.9 Å².